The van der Waals surface area contributed by atoms with Gasteiger partial charge in [-0.2, -0.15) is 0 Å². The maximum absolute atomic E-state index is 4.94. The van der Waals surface area contributed by atoms with Gasteiger partial charge < -0.3 is 10.2 Å². The number of benzene rings is 1. The second-order valence-electron chi connectivity index (χ2n) is 1.70. The first kappa shape index (κ1) is 9.33. The summed E-state index contributed by atoms with van der Waals surface area (Å²) in [7, 11) is 1.65. The summed E-state index contributed by atoms with van der Waals surface area (Å²) in [5.41, 5.74) is 0. The lowest BCUT2D eigenvalue weighted by molar-refractivity contribution is 0.414. The van der Waals surface area contributed by atoms with E-state index < -0.39 is 0 Å². The number of thiol groups is 1. The summed E-state index contributed by atoms with van der Waals surface area (Å²) in [4.78, 5) is 0.954. The minimum Gasteiger partial charge on any atom is -0.497 e. The molecule has 1 aromatic rings. The van der Waals surface area contributed by atoms with Crippen molar-refractivity contribution in [3.05, 3.63) is 24.3 Å². The Morgan fingerprint density at radius 1 is 1.20 bits per heavy atom. The highest BCUT2D eigenvalue weighted by atomic mass is 32.1. The van der Waals surface area contributed by atoms with E-state index in [1.165, 1.54) is 0 Å². The van der Waals surface area contributed by atoms with Crippen LogP contribution in [0.1, 0.15) is 0 Å². The van der Waals surface area contributed by atoms with Crippen LogP contribution in [0.4, 0.5) is 0 Å². The van der Waals surface area contributed by atoms with Gasteiger partial charge in [-0.1, -0.05) is 0 Å². The average Bonchev–Trinajstić information content (AvgIpc) is 1.90. The maximum atomic E-state index is 4.94. The largest absolute Gasteiger partial charge is 0.497 e. The van der Waals surface area contributed by atoms with Crippen LogP contribution >= 0.6 is 12.6 Å². The summed E-state index contributed by atoms with van der Waals surface area (Å²) in [5.74, 6) is 0.868. The van der Waals surface area contributed by atoms with Gasteiger partial charge in [-0.25, -0.2) is 0 Å². The molecule has 0 aliphatic carbocycles. The highest BCUT2D eigenvalue weighted by molar-refractivity contribution is 7.80. The summed E-state index contributed by atoms with van der Waals surface area (Å²) in [5, 5.41) is 0. The molecule has 56 valence electrons. The lowest BCUT2D eigenvalue weighted by Gasteiger charge is -1.96. The van der Waals surface area contributed by atoms with Crippen molar-refractivity contribution in [2.45, 2.75) is 4.90 Å². The normalized spacial score (nSPS) is 8.20. The minimum absolute atomic E-state index is 0. The van der Waals surface area contributed by atoms with E-state index in [2.05, 4.69) is 12.6 Å². The molecule has 10 heavy (non-hydrogen) atoms. The fourth-order valence-corrected chi connectivity index (χ4v) is 0.731. The van der Waals surface area contributed by atoms with Crippen molar-refractivity contribution in [3.8, 4) is 5.75 Å². The summed E-state index contributed by atoms with van der Waals surface area (Å²) in [6, 6.07) is 7.54. The molecule has 0 saturated carbocycles. The molecule has 0 aliphatic heterocycles. The number of hydrogen-bond donors (Lipinski definition) is 1. The van der Waals surface area contributed by atoms with Gasteiger partial charge in [0.2, 0.25) is 0 Å². The van der Waals surface area contributed by atoms with Crippen molar-refractivity contribution < 1.29 is 10.2 Å². The third-order valence-corrected chi connectivity index (χ3v) is 1.37. The van der Waals surface area contributed by atoms with Crippen LogP contribution in [0, 0.1) is 0 Å². The van der Waals surface area contributed by atoms with Crippen molar-refractivity contribution >= 4 is 12.6 Å². The van der Waals surface area contributed by atoms with Crippen LogP contribution < -0.4 is 4.74 Å². The molecule has 0 amide bonds. The van der Waals surface area contributed by atoms with E-state index in [9.17, 15) is 0 Å². The second kappa shape index (κ2) is 4.19. The number of methoxy groups -OCH3 is 1. The van der Waals surface area contributed by atoms with Crippen LogP contribution in [0.5, 0.6) is 5.75 Å². The highest BCUT2D eigenvalue weighted by Crippen LogP contribution is 2.12. The Morgan fingerprint density at radius 3 is 2.10 bits per heavy atom. The molecule has 0 aromatic heterocycles. The maximum Gasteiger partial charge on any atom is 0.118 e. The first-order chi connectivity index (χ1) is 4.33. The average molecular weight is 158 g/mol. The molecule has 0 radical (unpaired) electrons. The predicted molar refractivity (Wildman–Crippen MR) is 43.9 cm³/mol. The lowest BCUT2D eigenvalue weighted by atomic mass is 10.3. The molecule has 3 heteroatoms. The summed E-state index contributed by atoms with van der Waals surface area (Å²) >= 11 is 4.11. The zero-order chi connectivity index (χ0) is 6.69. The van der Waals surface area contributed by atoms with Crippen molar-refractivity contribution in [2.24, 2.45) is 0 Å². The summed E-state index contributed by atoms with van der Waals surface area (Å²) in [6.45, 7) is 0. The zero-order valence-corrected chi connectivity index (χ0v) is 6.56. The Labute approximate surface area is 65.5 Å². The third-order valence-electron chi connectivity index (χ3n) is 1.07. The molecule has 0 spiro atoms. The van der Waals surface area contributed by atoms with E-state index in [4.69, 9.17) is 4.74 Å². The van der Waals surface area contributed by atoms with Gasteiger partial charge in [-0.15, -0.1) is 12.6 Å². The molecular weight excluding hydrogens is 148 g/mol. The van der Waals surface area contributed by atoms with Crippen LogP contribution in [-0.4, -0.2) is 12.6 Å². The predicted octanol–water partition coefficient (Wildman–Crippen LogP) is 1.16. The third kappa shape index (κ3) is 2.29. The van der Waals surface area contributed by atoms with Crippen molar-refractivity contribution in [1.29, 1.82) is 0 Å². The van der Waals surface area contributed by atoms with Gasteiger partial charge in [0.15, 0.2) is 0 Å². The molecule has 1 rings (SSSR count). The molecule has 0 atom stereocenters. The molecule has 0 bridgehead atoms. The van der Waals surface area contributed by atoms with Crippen LogP contribution in [-0.2, 0) is 0 Å². The number of ether oxygens (including phenoxy) is 1. The van der Waals surface area contributed by atoms with E-state index in [0.29, 0.717) is 0 Å². The van der Waals surface area contributed by atoms with Crippen LogP contribution in [0.2, 0.25) is 0 Å². The van der Waals surface area contributed by atoms with Gasteiger partial charge >= 0.3 is 0 Å². The van der Waals surface area contributed by atoms with Gasteiger partial charge in [0, 0.05) is 4.90 Å². The quantitative estimate of drug-likeness (QED) is 0.612. The fraction of sp³-hybridized carbons (Fsp3) is 0.143. The molecule has 2 N–H and O–H groups in total. The molecule has 1 aromatic carbocycles. The Kier molecular flexibility index (Phi) is 3.91. The highest BCUT2D eigenvalue weighted by Gasteiger charge is 1.86. The molecule has 0 unspecified atom stereocenters. The Balaban J connectivity index is 0.000000810. The van der Waals surface area contributed by atoms with Gasteiger partial charge in [0.25, 0.3) is 0 Å². The fourth-order valence-electron chi connectivity index (χ4n) is 0.582. The van der Waals surface area contributed by atoms with Crippen LogP contribution in [0.15, 0.2) is 29.2 Å². The second-order valence-corrected chi connectivity index (χ2v) is 2.21. The van der Waals surface area contributed by atoms with Gasteiger partial charge in [0.05, 0.1) is 7.11 Å². The lowest BCUT2D eigenvalue weighted by Crippen LogP contribution is -1.79. The Bertz CT molecular complexity index is 183. The summed E-state index contributed by atoms with van der Waals surface area (Å²) < 4.78 is 4.94. The molecule has 0 fully saturated rings. The first-order valence-electron chi connectivity index (χ1n) is 2.66. The van der Waals surface area contributed by atoms with Crippen LogP contribution in [0.25, 0.3) is 0 Å². The number of hydrogen-bond acceptors (Lipinski definition) is 2. The van der Waals surface area contributed by atoms with Gasteiger partial charge in [0.1, 0.15) is 5.75 Å². The molecule has 2 nitrogen and oxygen atoms in total. The monoisotopic (exact) mass is 158 g/mol. The Hall–Kier alpha value is -0.670. The molecule has 0 saturated heterocycles. The van der Waals surface area contributed by atoms with E-state index >= 15 is 0 Å². The topological polar surface area (TPSA) is 40.7 Å². The summed E-state index contributed by atoms with van der Waals surface area (Å²) in [6.07, 6.45) is 0. The molecular formula is C7H10O2S. The van der Waals surface area contributed by atoms with Crippen LogP contribution in [0.3, 0.4) is 0 Å². The van der Waals surface area contributed by atoms with Crippen molar-refractivity contribution in [3.63, 3.8) is 0 Å². The number of rotatable bonds is 1. The van der Waals surface area contributed by atoms with E-state index in [-0.39, 0.29) is 5.48 Å². The standard InChI is InChI=1S/C7H8OS.H2O/c1-8-6-2-4-7(9)5-3-6;/h2-5,9H,1H3;1H2. The zero-order valence-electron chi connectivity index (χ0n) is 5.66. The van der Waals surface area contributed by atoms with Crippen molar-refractivity contribution in [2.75, 3.05) is 7.11 Å². The minimum atomic E-state index is 0. The Morgan fingerprint density at radius 2 is 1.70 bits per heavy atom. The smallest absolute Gasteiger partial charge is 0.118 e. The molecule has 0 aliphatic rings. The molecule has 0 heterocycles. The van der Waals surface area contributed by atoms with E-state index in [1.54, 1.807) is 7.11 Å². The van der Waals surface area contributed by atoms with Crippen molar-refractivity contribution in [1.82, 2.24) is 0 Å². The SMILES string of the molecule is COc1ccc(S)cc1.O. The van der Waals surface area contributed by atoms with E-state index in [0.717, 1.165) is 10.6 Å². The first-order valence-corrected chi connectivity index (χ1v) is 3.10. The van der Waals surface area contributed by atoms with Gasteiger partial charge in [-0.05, 0) is 24.3 Å². The van der Waals surface area contributed by atoms with E-state index in [1.807, 2.05) is 24.3 Å². The van der Waals surface area contributed by atoms with Gasteiger partial charge in [-0.3, -0.25) is 0 Å².